The standard InChI is InChI=1S/C23H35N5O2S2/c29-22(20-15-32-17-25-20)26-21(16-31-14-18-4-2-1-3-5-18)23(30)28-12-10-27(11-13-28)19-6-8-24-9-7-19/h6-9,18,20-21,25H,1-5,10-17H2,(H,26,29). The van der Waals surface area contributed by atoms with Crippen molar-refractivity contribution in [3.8, 4) is 0 Å². The van der Waals surface area contributed by atoms with Gasteiger partial charge in [-0.1, -0.05) is 19.3 Å². The quantitative estimate of drug-likeness (QED) is 0.594. The summed E-state index contributed by atoms with van der Waals surface area (Å²) in [6.45, 7) is 2.95. The molecule has 0 radical (unpaired) electrons. The van der Waals surface area contributed by atoms with Crippen molar-refractivity contribution in [1.29, 1.82) is 0 Å². The van der Waals surface area contributed by atoms with Crippen molar-refractivity contribution in [3.05, 3.63) is 24.5 Å². The maximum absolute atomic E-state index is 13.4. The van der Waals surface area contributed by atoms with Gasteiger partial charge in [0, 0.05) is 61.6 Å². The van der Waals surface area contributed by atoms with Crippen molar-refractivity contribution < 1.29 is 9.59 Å². The summed E-state index contributed by atoms with van der Waals surface area (Å²) in [5, 5.41) is 6.31. The Morgan fingerprint density at radius 2 is 1.91 bits per heavy atom. The van der Waals surface area contributed by atoms with Crippen LogP contribution in [0.1, 0.15) is 32.1 Å². The molecular weight excluding hydrogens is 442 g/mol. The van der Waals surface area contributed by atoms with Crippen LogP contribution in [0.25, 0.3) is 0 Å². The zero-order valence-corrected chi connectivity index (χ0v) is 20.3. The third-order valence-corrected chi connectivity index (χ3v) is 8.85. The van der Waals surface area contributed by atoms with Crippen LogP contribution in [0.3, 0.4) is 0 Å². The number of hydrogen-bond donors (Lipinski definition) is 2. The third-order valence-electron chi connectivity index (χ3n) is 6.63. The van der Waals surface area contributed by atoms with Crippen LogP contribution in [0.2, 0.25) is 0 Å². The summed E-state index contributed by atoms with van der Waals surface area (Å²) >= 11 is 3.56. The lowest BCUT2D eigenvalue weighted by molar-refractivity contribution is -0.136. The molecule has 9 heteroatoms. The summed E-state index contributed by atoms with van der Waals surface area (Å²) in [4.78, 5) is 34.5. The molecule has 0 aromatic carbocycles. The van der Waals surface area contributed by atoms with Gasteiger partial charge in [0.1, 0.15) is 6.04 Å². The minimum atomic E-state index is -0.448. The summed E-state index contributed by atoms with van der Waals surface area (Å²) in [5.41, 5.74) is 1.14. The highest BCUT2D eigenvalue weighted by Gasteiger charge is 2.32. The summed E-state index contributed by atoms with van der Waals surface area (Å²) in [5.74, 6) is 4.10. The summed E-state index contributed by atoms with van der Waals surface area (Å²) in [6, 6.07) is 3.38. The van der Waals surface area contributed by atoms with E-state index in [1.54, 1.807) is 24.2 Å². The van der Waals surface area contributed by atoms with Gasteiger partial charge in [-0.15, -0.1) is 11.8 Å². The zero-order chi connectivity index (χ0) is 22.2. The topological polar surface area (TPSA) is 77.6 Å². The molecule has 1 aromatic rings. The van der Waals surface area contributed by atoms with Gasteiger partial charge in [0.05, 0.1) is 6.04 Å². The monoisotopic (exact) mass is 477 g/mol. The van der Waals surface area contributed by atoms with E-state index in [0.717, 1.165) is 42.1 Å². The van der Waals surface area contributed by atoms with Crippen molar-refractivity contribution in [2.45, 2.75) is 44.2 Å². The molecular formula is C23H35N5O2S2. The lowest BCUT2D eigenvalue weighted by Crippen LogP contribution is -2.57. The molecule has 176 valence electrons. The van der Waals surface area contributed by atoms with Crippen LogP contribution in [0, 0.1) is 5.92 Å². The van der Waals surface area contributed by atoms with Gasteiger partial charge >= 0.3 is 0 Å². The minimum Gasteiger partial charge on any atom is -0.368 e. The molecule has 4 rings (SSSR count). The first-order valence-electron chi connectivity index (χ1n) is 11.8. The van der Waals surface area contributed by atoms with Crippen molar-refractivity contribution in [2.24, 2.45) is 5.92 Å². The number of carbonyl (C=O) groups is 2. The van der Waals surface area contributed by atoms with E-state index in [1.807, 2.05) is 28.8 Å². The van der Waals surface area contributed by atoms with E-state index in [9.17, 15) is 9.59 Å². The van der Waals surface area contributed by atoms with E-state index < -0.39 is 6.04 Å². The first kappa shape index (κ1) is 23.7. The zero-order valence-electron chi connectivity index (χ0n) is 18.7. The maximum atomic E-state index is 13.4. The Bertz CT molecular complexity index is 733. The molecule has 2 N–H and O–H groups in total. The summed E-state index contributed by atoms with van der Waals surface area (Å²) < 4.78 is 0. The second-order valence-corrected chi connectivity index (χ2v) is 11.0. The van der Waals surface area contributed by atoms with Crippen molar-refractivity contribution in [3.63, 3.8) is 0 Å². The highest BCUT2D eigenvalue weighted by molar-refractivity contribution is 7.99. The van der Waals surface area contributed by atoms with Crippen LogP contribution in [-0.4, -0.2) is 83.1 Å². The van der Waals surface area contributed by atoms with Gasteiger partial charge in [-0.2, -0.15) is 11.8 Å². The Hall–Kier alpha value is -1.45. The predicted molar refractivity (Wildman–Crippen MR) is 133 cm³/mol. The Labute approximate surface area is 199 Å². The van der Waals surface area contributed by atoms with E-state index in [2.05, 4.69) is 20.5 Å². The van der Waals surface area contributed by atoms with Crippen LogP contribution >= 0.6 is 23.5 Å². The van der Waals surface area contributed by atoms with Crippen LogP contribution in [0.4, 0.5) is 5.69 Å². The fourth-order valence-electron chi connectivity index (χ4n) is 4.68. The molecule has 2 amide bonds. The average Bonchev–Trinajstić information content (AvgIpc) is 3.40. The van der Waals surface area contributed by atoms with E-state index in [1.165, 1.54) is 32.1 Å². The molecule has 2 saturated heterocycles. The van der Waals surface area contributed by atoms with Crippen LogP contribution < -0.4 is 15.5 Å². The number of anilines is 1. The van der Waals surface area contributed by atoms with Gasteiger partial charge in [0.2, 0.25) is 11.8 Å². The molecule has 2 unspecified atom stereocenters. The van der Waals surface area contributed by atoms with E-state index in [4.69, 9.17) is 0 Å². The smallest absolute Gasteiger partial charge is 0.246 e. The van der Waals surface area contributed by atoms with Crippen molar-refractivity contribution in [1.82, 2.24) is 20.5 Å². The second kappa shape index (κ2) is 12.1. The van der Waals surface area contributed by atoms with Gasteiger partial charge < -0.3 is 15.1 Å². The lowest BCUT2D eigenvalue weighted by atomic mass is 9.91. The van der Waals surface area contributed by atoms with Gasteiger partial charge in [0.15, 0.2) is 0 Å². The molecule has 2 atom stereocenters. The Morgan fingerprint density at radius 1 is 1.16 bits per heavy atom. The minimum absolute atomic E-state index is 0.0398. The van der Waals surface area contributed by atoms with Crippen LogP contribution in [-0.2, 0) is 9.59 Å². The number of carbonyl (C=O) groups excluding carboxylic acids is 2. The molecule has 0 spiro atoms. The van der Waals surface area contributed by atoms with E-state index >= 15 is 0 Å². The number of amides is 2. The highest BCUT2D eigenvalue weighted by atomic mass is 32.2. The van der Waals surface area contributed by atoms with Crippen LogP contribution in [0.15, 0.2) is 24.5 Å². The summed E-state index contributed by atoms with van der Waals surface area (Å²) in [6.07, 6.45) is 10.2. The number of nitrogens with one attached hydrogen (secondary N) is 2. The molecule has 7 nitrogen and oxygen atoms in total. The number of nitrogens with zero attached hydrogens (tertiary/aromatic N) is 3. The predicted octanol–water partition coefficient (Wildman–Crippen LogP) is 2.19. The first-order valence-corrected chi connectivity index (χ1v) is 14.1. The van der Waals surface area contributed by atoms with Gasteiger partial charge in [-0.3, -0.25) is 19.9 Å². The summed E-state index contributed by atoms with van der Waals surface area (Å²) in [7, 11) is 0. The molecule has 3 aliphatic rings. The largest absolute Gasteiger partial charge is 0.368 e. The molecule has 2 aliphatic heterocycles. The fourth-order valence-corrected chi connectivity index (χ4v) is 6.88. The molecule has 0 bridgehead atoms. The van der Waals surface area contributed by atoms with E-state index in [0.29, 0.717) is 18.8 Å². The Balaban J connectivity index is 1.32. The van der Waals surface area contributed by atoms with Gasteiger partial charge in [-0.25, -0.2) is 0 Å². The molecule has 1 aliphatic carbocycles. The van der Waals surface area contributed by atoms with Gasteiger partial charge in [0.25, 0.3) is 0 Å². The normalized spacial score (nSPS) is 23.2. The first-order chi connectivity index (χ1) is 15.7. The maximum Gasteiger partial charge on any atom is 0.246 e. The average molecular weight is 478 g/mol. The molecule has 1 saturated carbocycles. The molecule has 1 aromatic heterocycles. The molecule has 32 heavy (non-hydrogen) atoms. The van der Waals surface area contributed by atoms with Gasteiger partial charge in [-0.05, 0) is 36.6 Å². The second-order valence-electron chi connectivity index (χ2n) is 8.89. The third kappa shape index (κ3) is 6.54. The Kier molecular flexibility index (Phi) is 8.99. The number of aromatic nitrogens is 1. The highest BCUT2D eigenvalue weighted by Crippen LogP contribution is 2.27. The fraction of sp³-hybridized carbons (Fsp3) is 0.696. The Morgan fingerprint density at radius 3 is 2.59 bits per heavy atom. The number of piperazine rings is 1. The van der Waals surface area contributed by atoms with E-state index in [-0.39, 0.29) is 17.9 Å². The molecule has 3 heterocycles. The lowest BCUT2D eigenvalue weighted by Gasteiger charge is -2.37. The number of pyridine rings is 1. The van der Waals surface area contributed by atoms with Crippen molar-refractivity contribution in [2.75, 3.05) is 54.2 Å². The molecule has 3 fully saturated rings. The number of hydrogen-bond acceptors (Lipinski definition) is 7. The SMILES string of the molecule is O=C(NC(CSCC1CCCCC1)C(=O)N1CCN(c2ccncc2)CC1)C1CSCN1. The van der Waals surface area contributed by atoms with Crippen LogP contribution in [0.5, 0.6) is 0 Å². The number of rotatable bonds is 8. The number of thioether (sulfide) groups is 2. The van der Waals surface area contributed by atoms with Crippen molar-refractivity contribution >= 4 is 41.0 Å².